The third kappa shape index (κ3) is 3.33. The van der Waals surface area contributed by atoms with Crippen molar-refractivity contribution in [3.05, 3.63) is 60.5 Å². The Morgan fingerprint density at radius 3 is 2.54 bits per heavy atom. The van der Waals surface area contributed by atoms with Gasteiger partial charge in [0.05, 0.1) is 5.92 Å². The summed E-state index contributed by atoms with van der Waals surface area (Å²) >= 11 is 0. The van der Waals surface area contributed by atoms with Crippen LogP contribution in [0, 0.1) is 0 Å². The molecule has 6 nitrogen and oxygen atoms in total. The largest absolute Gasteiger partial charge is 0.420 e. The van der Waals surface area contributed by atoms with Crippen molar-refractivity contribution in [2.75, 3.05) is 13.1 Å². The summed E-state index contributed by atoms with van der Waals surface area (Å²) in [5.74, 6) is 1.60. The second-order valence-corrected chi connectivity index (χ2v) is 6.11. The number of pyridine rings is 2. The fourth-order valence-electron chi connectivity index (χ4n) is 3.16. The highest BCUT2D eigenvalue weighted by Crippen LogP contribution is 2.28. The molecule has 0 bridgehead atoms. The van der Waals surface area contributed by atoms with Gasteiger partial charge in [-0.15, -0.1) is 10.2 Å². The minimum absolute atomic E-state index is 0.295. The third-order valence-corrected chi connectivity index (χ3v) is 4.38. The van der Waals surface area contributed by atoms with Gasteiger partial charge in [-0.05, 0) is 49.2 Å². The van der Waals surface area contributed by atoms with E-state index in [1.54, 1.807) is 12.4 Å². The normalized spacial score (nSPS) is 18.6. The highest BCUT2D eigenvalue weighted by molar-refractivity contribution is 5.50. The Balaban J connectivity index is 1.45. The average molecular weight is 321 g/mol. The third-order valence-electron chi connectivity index (χ3n) is 4.38. The highest BCUT2D eigenvalue weighted by atomic mass is 16.4. The van der Waals surface area contributed by atoms with Gasteiger partial charge in [0.25, 0.3) is 0 Å². The molecule has 0 radical (unpaired) electrons. The number of nitrogens with zero attached hydrogens (tertiary/aromatic N) is 5. The first-order valence-corrected chi connectivity index (χ1v) is 8.23. The molecule has 1 saturated heterocycles. The van der Waals surface area contributed by atoms with E-state index >= 15 is 0 Å². The van der Waals surface area contributed by atoms with Crippen LogP contribution in [-0.2, 0) is 6.54 Å². The molecule has 3 aromatic heterocycles. The lowest BCUT2D eigenvalue weighted by Gasteiger charge is -2.30. The Labute approximate surface area is 140 Å². The first-order chi connectivity index (χ1) is 11.9. The number of hydrogen-bond donors (Lipinski definition) is 0. The molecule has 0 unspecified atom stereocenters. The molecule has 0 spiro atoms. The summed E-state index contributed by atoms with van der Waals surface area (Å²) in [6.07, 6.45) is 9.38. The van der Waals surface area contributed by atoms with Crippen LogP contribution in [-0.4, -0.2) is 38.2 Å². The van der Waals surface area contributed by atoms with Crippen LogP contribution in [0.4, 0.5) is 0 Å². The minimum atomic E-state index is 0.295. The van der Waals surface area contributed by atoms with E-state index in [1.165, 1.54) is 5.56 Å². The SMILES string of the molecule is c1cc(CN2CCC[C@@H](c3nnc(-c4ccncc4)o3)C2)ccn1. The maximum Gasteiger partial charge on any atom is 0.247 e. The van der Waals surface area contributed by atoms with Gasteiger partial charge < -0.3 is 4.42 Å². The van der Waals surface area contributed by atoms with E-state index in [1.807, 2.05) is 24.5 Å². The summed E-state index contributed by atoms with van der Waals surface area (Å²) in [7, 11) is 0. The van der Waals surface area contributed by atoms with Gasteiger partial charge in [-0.2, -0.15) is 0 Å². The van der Waals surface area contributed by atoms with Gasteiger partial charge >= 0.3 is 0 Å². The maximum atomic E-state index is 5.92. The van der Waals surface area contributed by atoms with Gasteiger partial charge in [-0.1, -0.05) is 0 Å². The second-order valence-electron chi connectivity index (χ2n) is 6.11. The molecule has 1 fully saturated rings. The van der Waals surface area contributed by atoms with Crippen LogP contribution < -0.4 is 0 Å². The van der Waals surface area contributed by atoms with E-state index in [0.29, 0.717) is 11.8 Å². The second kappa shape index (κ2) is 6.88. The van der Waals surface area contributed by atoms with Crippen LogP contribution in [0.3, 0.4) is 0 Å². The van der Waals surface area contributed by atoms with Crippen molar-refractivity contribution in [1.29, 1.82) is 0 Å². The standard InChI is InChI=1S/C18H19N5O/c1-2-16(13-23(11-1)12-14-3-7-19-8-4-14)18-22-21-17(24-18)15-5-9-20-10-6-15/h3-10,16H,1-2,11-13H2/t16-/m1/s1. The smallest absolute Gasteiger partial charge is 0.247 e. The zero-order valence-electron chi connectivity index (χ0n) is 13.4. The van der Waals surface area contributed by atoms with Gasteiger partial charge in [0.15, 0.2) is 0 Å². The lowest BCUT2D eigenvalue weighted by molar-refractivity contribution is 0.186. The van der Waals surface area contributed by atoms with Crippen LogP contribution in [0.25, 0.3) is 11.5 Å². The van der Waals surface area contributed by atoms with Crippen molar-refractivity contribution in [1.82, 2.24) is 25.1 Å². The molecule has 1 aliphatic heterocycles. The summed E-state index contributed by atoms with van der Waals surface area (Å²) in [5, 5.41) is 8.48. The maximum absolute atomic E-state index is 5.92. The molecule has 24 heavy (non-hydrogen) atoms. The lowest BCUT2D eigenvalue weighted by Crippen LogP contribution is -2.34. The van der Waals surface area contributed by atoms with E-state index in [2.05, 4.69) is 37.2 Å². The Hall–Kier alpha value is -2.60. The van der Waals surface area contributed by atoms with Crippen LogP contribution in [0.1, 0.15) is 30.2 Å². The molecular formula is C18H19N5O. The molecular weight excluding hydrogens is 302 g/mol. The number of rotatable bonds is 4. The lowest BCUT2D eigenvalue weighted by atomic mass is 9.97. The van der Waals surface area contributed by atoms with E-state index < -0.39 is 0 Å². The van der Waals surface area contributed by atoms with Crippen LogP contribution in [0.5, 0.6) is 0 Å². The minimum Gasteiger partial charge on any atom is -0.420 e. The van der Waals surface area contributed by atoms with E-state index in [4.69, 9.17) is 4.42 Å². The quantitative estimate of drug-likeness (QED) is 0.736. The Kier molecular flexibility index (Phi) is 4.29. The molecule has 6 heteroatoms. The molecule has 122 valence electrons. The van der Waals surface area contributed by atoms with Crippen LogP contribution >= 0.6 is 0 Å². The van der Waals surface area contributed by atoms with Gasteiger partial charge in [-0.3, -0.25) is 14.9 Å². The molecule has 1 atom stereocenters. The first kappa shape index (κ1) is 15.0. The van der Waals surface area contributed by atoms with Crippen molar-refractivity contribution in [2.45, 2.75) is 25.3 Å². The van der Waals surface area contributed by atoms with Crippen molar-refractivity contribution in [2.24, 2.45) is 0 Å². The van der Waals surface area contributed by atoms with Crippen LogP contribution in [0.15, 0.2) is 53.5 Å². The number of likely N-dealkylation sites (tertiary alicyclic amines) is 1. The van der Waals surface area contributed by atoms with E-state index in [9.17, 15) is 0 Å². The van der Waals surface area contributed by atoms with Crippen molar-refractivity contribution in [3.8, 4) is 11.5 Å². The number of aromatic nitrogens is 4. The predicted octanol–water partition coefficient (Wildman–Crippen LogP) is 2.91. The number of hydrogen-bond acceptors (Lipinski definition) is 6. The van der Waals surface area contributed by atoms with E-state index in [-0.39, 0.29) is 0 Å². The van der Waals surface area contributed by atoms with Gasteiger partial charge in [0.1, 0.15) is 0 Å². The molecule has 0 aliphatic carbocycles. The first-order valence-electron chi connectivity index (χ1n) is 8.23. The molecule has 3 aromatic rings. The van der Waals surface area contributed by atoms with Crippen molar-refractivity contribution >= 4 is 0 Å². The Morgan fingerprint density at radius 1 is 1.00 bits per heavy atom. The van der Waals surface area contributed by atoms with Crippen molar-refractivity contribution in [3.63, 3.8) is 0 Å². The Morgan fingerprint density at radius 2 is 1.75 bits per heavy atom. The van der Waals surface area contributed by atoms with Crippen molar-refractivity contribution < 1.29 is 4.42 Å². The fraction of sp³-hybridized carbons (Fsp3) is 0.333. The molecule has 0 aromatic carbocycles. The summed E-state index contributed by atoms with van der Waals surface area (Å²) in [4.78, 5) is 10.5. The highest BCUT2D eigenvalue weighted by Gasteiger charge is 2.26. The van der Waals surface area contributed by atoms with Gasteiger partial charge in [0.2, 0.25) is 11.8 Å². The molecule has 0 N–H and O–H groups in total. The van der Waals surface area contributed by atoms with Crippen LogP contribution in [0.2, 0.25) is 0 Å². The molecule has 4 heterocycles. The fourth-order valence-corrected chi connectivity index (χ4v) is 3.16. The Bertz CT molecular complexity index is 774. The molecule has 0 amide bonds. The zero-order chi connectivity index (χ0) is 16.2. The summed E-state index contributed by atoms with van der Waals surface area (Å²) < 4.78 is 5.92. The molecule has 4 rings (SSSR count). The molecule has 1 aliphatic rings. The number of piperidine rings is 1. The summed E-state index contributed by atoms with van der Waals surface area (Å²) in [6, 6.07) is 7.90. The zero-order valence-corrected chi connectivity index (χ0v) is 13.4. The average Bonchev–Trinajstić information content (AvgIpc) is 3.14. The predicted molar refractivity (Wildman–Crippen MR) is 89.0 cm³/mol. The van der Waals surface area contributed by atoms with Gasteiger partial charge in [0, 0.05) is 43.4 Å². The molecule has 0 saturated carbocycles. The monoisotopic (exact) mass is 321 g/mol. The summed E-state index contributed by atoms with van der Waals surface area (Å²) in [6.45, 7) is 2.98. The topological polar surface area (TPSA) is 67.9 Å². The summed E-state index contributed by atoms with van der Waals surface area (Å²) in [5.41, 5.74) is 2.20. The van der Waals surface area contributed by atoms with E-state index in [0.717, 1.165) is 43.9 Å². The van der Waals surface area contributed by atoms with Gasteiger partial charge in [-0.25, -0.2) is 0 Å².